The number of ether oxygens (including phenoxy) is 1. The smallest absolute Gasteiger partial charge is 0.161 e. The van der Waals surface area contributed by atoms with E-state index in [0.717, 1.165) is 5.56 Å². The molecular formula is C10H10N4O2. The average Bonchev–Trinajstić information content (AvgIpc) is 2.81. The second-order valence-corrected chi connectivity index (χ2v) is 2.99. The van der Waals surface area contributed by atoms with Crippen LogP contribution in [0.25, 0.3) is 0 Å². The molecule has 1 aromatic heterocycles. The molecule has 0 saturated heterocycles. The molecule has 0 unspecified atom stereocenters. The molecule has 2 aromatic rings. The van der Waals surface area contributed by atoms with E-state index in [4.69, 9.17) is 4.74 Å². The number of hydrogen-bond acceptors (Lipinski definition) is 5. The number of phenolic OH excluding ortho intramolecular Hbond substituents is 1. The van der Waals surface area contributed by atoms with Crippen molar-refractivity contribution in [1.29, 1.82) is 0 Å². The third kappa shape index (κ3) is 2.17. The first-order valence-electron chi connectivity index (χ1n) is 4.55. The van der Waals surface area contributed by atoms with E-state index in [9.17, 15) is 5.11 Å². The highest BCUT2D eigenvalue weighted by atomic mass is 16.5. The number of aromatic nitrogens is 3. The van der Waals surface area contributed by atoms with Gasteiger partial charge in [0, 0.05) is 0 Å². The summed E-state index contributed by atoms with van der Waals surface area (Å²) in [4.78, 5) is 5.09. The Hall–Kier alpha value is -2.37. The highest BCUT2D eigenvalue weighted by molar-refractivity contribution is 5.80. The Bertz CT molecular complexity index is 494. The van der Waals surface area contributed by atoms with E-state index in [2.05, 4.69) is 15.2 Å². The summed E-state index contributed by atoms with van der Waals surface area (Å²) >= 11 is 0. The number of nitrogens with zero attached hydrogens (tertiary/aromatic N) is 4. The molecule has 1 aromatic carbocycles. The topological polar surface area (TPSA) is 72.5 Å². The second-order valence-electron chi connectivity index (χ2n) is 2.99. The summed E-state index contributed by atoms with van der Waals surface area (Å²) in [5.74, 6) is 0.503. The lowest BCUT2D eigenvalue weighted by Gasteiger charge is -2.02. The summed E-state index contributed by atoms with van der Waals surface area (Å²) < 4.78 is 4.98. The fraction of sp³-hybridized carbons (Fsp3) is 0.100. The van der Waals surface area contributed by atoms with E-state index < -0.39 is 0 Å². The van der Waals surface area contributed by atoms with Gasteiger partial charge in [0.25, 0.3) is 0 Å². The van der Waals surface area contributed by atoms with Gasteiger partial charge < -0.3 is 9.84 Å². The van der Waals surface area contributed by atoms with Crippen molar-refractivity contribution in [2.75, 3.05) is 7.11 Å². The summed E-state index contributed by atoms with van der Waals surface area (Å²) in [7, 11) is 1.49. The van der Waals surface area contributed by atoms with Gasteiger partial charge >= 0.3 is 0 Å². The maximum absolute atomic E-state index is 9.39. The Kier molecular flexibility index (Phi) is 2.81. The second kappa shape index (κ2) is 4.43. The predicted octanol–water partition coefficient (Wildman–Crippen LogP) is 0.874. The Morgan fingerprint density at radius 2 is 2.38 bits per heavy atom. The molecule has 0 fully saturated rings. The zero-order valence-electron chi connectivity index (χ0n) is 8.61. The Labute approximate surface area is 91.8 Å². The minimum absolute atomic E-state index is 0.0976. The molecule has 6 nitrogen and oxygen atoms in total. The van der Waals surface area contributed by atoms with Crippen LogP contribution in [-0.4, -0.2) is 33.3 Å². The van der Waals surface area contributed by atoms with E-state index >= 15 is 0 Å². The molecule has 16 heavy (non-hydrogen) atoms. The summed E-state index contributed by atoms with van der Waals surface area (Å²) in [6.07, 6.45) is 4.47. The van der Waals surface area contributed by atoms with E-state index in [0.29, 0.717) is 5.75 Å². The maximum Gasteiger partial charge on any atom is 0.161 e. The third-order valence-electron chi connectivity index (χ3n) is 1.94. The highest BCUT2D eigenvalue weighted by Crippen LogP contribution is 2.25. The lowest BCUT2D eigenvalue weighted by atomic mass is 10.2. The van der Waals surface area contributed by atoms with Gasteiger partial charge in [-0.1, -0.05) is 0 Å². The van der Waals surface area contributed by atoms with Gasteiger partial charge in [0.2, 0.25) is 0 Å². The fourth-order valence-electron chi connectivity index (χ4n) is 1.16. The van der Waals surface area contributed by atoms with Crippen LogP contribution in [0.2, 0.25) is 0 Å². The Morgan fingerprint density at radius 1 is 1.50 bits per heavy atom. The molecular weight excluding hydrogens is 208 g/mol. The molecule has 0 bridgehead atoms. The van der Waals surface area contributed by atoms with Crippen molar-refractivity contribution < 1.29 is 9.84 Å². The lowest BCUT2D eigenvalue weighted by Crippen LogP contribution is -1.91. The third-order valence-corrected chi connectivity index (χ3v) is 1.94. The summed E-state index contributed by atoms with van der Waals surface area (Å²) in [5.41, 5.74) is 0.796. The van der Waals surface area contributed by atoms with Crippen molar-refractivity contribution in [2.45, 2.75) is 0 Å². The molecule has 82 valence electrons. The van der Waals surface area contributed by atoms with Crippen molar-refractivity contribution >= 4 is 6.21 Å². The molecule has 0 aliphatic rings. The monoisotopic (exact) mass is 218 g/mol. The van der Waals surface area contributed by atoms with Crippen LogP contribution in [0.4, 0.5) is 0 Å². The van der Waals surface area contributed by atoms with Crippen LogP contribution in [0, 0.1) is 0 Å². The molecule has 0 atom stereocenters. The van der Waals surface area contributed by atoms with Crippen LogP contribution in [0.5, 0.6) is 11.5 Å². The molecule has 0 aliphatic heterocycles. The summed E-state index contributed by atoms with van der Waals surface area (Å²) in [6, 6.07) is 4.94. The molecule has 2 rings (SSSR count). The van der Waals surface area contributed by atoms with Crippen molar-refractivity contribution in [2.24, 2.45) is 5.10 Å². The van der Waals surface area contributed by atoms with Crippen LogP contribution < -0.4 is 4.74 Å². The van der Waals surface area contributed by atoms with Crippen molar-refractivity contribution in [1.82, 2.24) is 14.9 Å². The van der Waals surface area contributed by atoms with Gasteiger partial charge in [-0.15, -0.1) is 9.89 Å². The van der Waals surface area contributed by atoms with Crippen molar-refractivity contribution in [3.63, 3.8) is 0 Å². The fourth-order valence-corrected chi connectivity index (χ4v) is 1.16. The SMILES string of the molecule is COc1cc(/C=N/n2cncn2)ccc1O. The Balaban J connectivity index is 2.22. The number of rotatable bonds is 3. The molecule has 1 heterocycles. The molecule has 1 N–H and O–H groups in total. The Morgan fingerprint density at radius 3 is 3.06 bits per heavy atom. The molecule has 6 heteroatoms. The normalized spacial score (nSPS) is 10.8. The minimum Gasteiger partial charge on any atom is -0.504 e. The van der Waals surface area contributed by atoms with Gasteiger partial charge in [-0.25, -0.2) is 4.98 Å². The lowest BCUT2D eigenvalue weighted by molar-refractivity contribution is 0.373. The molecule has 0 saturated carbocycles. The molecule has 0 aliphatic carbocycles. The standard InChI is InChI=1S/C10H10N4O2/c1-16-10-4-8(2-3-9(10)15)5-12-14-7-11-6-13-14/h2-7,15H,1H3/b12-5+. The predicted molar refractivity (Wildman–Crippen MR) is 57.7 cm³/mol. The van der Waals surface area contributed by atoms with Crippen LogP contribution in [-0.2, 0) is 0 Å². The van der Waals surface area contributed by atoms with E-state index in [1.54, 1.807) is 24.4 Å². The number of aromatic hydroxyl groups is 1. The minimum atomic E-state index is 0.0976. The van der Waals surface area contributed by atoms with Crippen molar-refractivity contribution in [3.05, 3.63) is 36.4 Å². The molecule has 0 amide bonds. The first kappa shape index (κ1) is 10.2. The summed E-state index contributed by atoms with van der Waals surface area (Å²) in [6.45, 7) is 0. The average molecular weight is 218 g/mol. The van der Waals surface area contributed by atoms with Crippen LogP contribution >= 0.6 is 0 Å². The number of hydrogen-bond donors (Lipinski definition) is 1. The van der Waals surface area contributed by atoms with E-state index in [1.165, 1.54) is 24.6 Å². The van der Waals surface area contributed by atoms with Gasteiger partial charge in [0.1, 0.15) is 12.7 Å². The van der Waals surface area contributed by atoms with Crippen LogP contribution in [0.1, 0.15) is 5.56 Å². The van der Waals surface area contributed by atoms with E-state index in [1.807, 2.05) is 0 Å². The van der Waals surface area contributed by atoms with Gasteiger partial charge in [-0.3, -0.25) is 0 Å². The zero-order valence-corrected chi connectivity index (χ0v) is 8.61. The molecule has 0 spiro atoms. The number of methoxy groups -OCH3 is 1. The maximum atomic E-state index is 9.39. The quantitative estimate of drug-likeness (QED) is 0.776. The van der Waals surface area contributed by atoms with Crippen molar-refractivity contribution in [3.8, 4) is 11.5 Å². The van der Waals surface area contributed by atoms with Crippen LogP contribution in [0.3, 0.4) is 0 Å². The van der Waals surface area contributed by atoms with E-state index in [-0.39, 0.29) is 5.75 Å². The first-order chi connectivity index (χ1) is 7.79. The van der Waals surface area contributed by atoms with Gasteiger partial charge in [0.15, 0.2) is 11.5 Å². The number of phenols is 1. The van der Waals surface area contributed by atoms with Gasteiger partial charge in [-0.05, 0) is 23.8 Å². The zero-order chi connectivity index (χ0) is 11.4. The first-order valence-corrected chi connectivity index (χ1v) is 4.55. The molecule has 0 radical (unpaired) electrons. The van der Waals surface area contributed by atoms with Gasteiger partial charge in [0.05, 0.1) is 13.3 Å². The van der Waals surface area contributed by atoms with Gasteiger partial charge in [-0.2, -0.15) is 5.10 Å². The number of benzene rings is 1. The van der Waals surface area contributed by atoms with Crippen LogP contribution in [0.15, 0.2) is 36.0 Å². The largest absolute Gasteiger partial charge is 0.504 e. The highest BCUT2D eigenvalue weighted by Gasteiger charge is 2.00. The summed E-state index contributed by atoms with van der Waals surface area (Å²) in [5, 5.41) is 17.2.